The largest absolute Gasteiger partial charge is 0.395 e. The van der Waals surface area contributed by atoms with Crippen molar-refractivity contribution >= 4 is 51.2 Å². The smallest absolute Gasteiger partial charge is 0.269 e. The van der Waals surface area contributed by atoms with Gasteiger partial charge in [-0.25, -0.2) is 0 Å². The quantitative estimate of drug-likeness (QED) is 0.0876. The van der Waals surface area contributed by atoms with Crippen molar-refractivity contribution in [3.63, 3.8) is 0 Å². The lowest BCUT2D eigenvalue weighted by Gasteiger charge is -2.28. The Morgan fingerprint density at radius 3 is 2.40 bits per heavy atom. The Balaban J connectivity index is 1.15. The van der Waals surface area contributed by atoms with Gasteiger partial charge in [0, 0.05) is 54.2 Å². The molecule has 262 valence electrons. The van der Waals surface area contributed by atoms with Gasteiger partial charge >= 0.3 is 0 Å². The molecule has 5 aromatic rings. The van der Waals surface area contributed by atoms with Gasteiger partial charge in [-0.1, -0.05) is 85.8 Å². The molecule has 2 aliphatic heterocycles. The summed E-state index contributed by atoms with van der Waals surface area (Å²) < 4.78 is 0. The summed E-state index contributed by atoms with van der Waals surface area (Å²) >= 11 is 0. The Hall–Kier alpha value is -6.17. The zero-order chi connectivity index (χ0) is 36.6. The van der Waals surface area contributed by atoms with Crippen LogP contribution in [0.2, 0.25) is 0 Å². The number of carbonyl (C=O) groups excluding carboxylic acids is 3. The molecule has 0 spiro atoms. The van der Waals surface area contributed by atoms with Crippen LogP contribution in [-0.2, 0) is 28.3 Å². The molecule has 0 fully saturated rings. The number of hydrogen-bond acceptors (Lipinski definition) is 7. The molecule has 0 bridgehead atoms. The van der Waals surface area contributed by atoms with Crippen molar-refractivity contribution in [3.05, 3.63) is 154 Å². The summed E-state index contributed by atoms with van der Waals surface area (Å²) in [5.74, 6) is -1.96. The molecule has 5 aromatic carbocycles. The maximum Gasteiger partial charge on any atom is 0.269 e. The lowest BCUT2D eigenvalue weighted by molar-refractivity contribution is -0.385. The number of non-ortho nitro benzene ring substituents is 1. The fourth-order valence-electron chi connectivity index (χ4n) is 7.21. The third kappa shape index (κ3) is 5.99. The van der Waals surface area contributed by atoms with Crippen molar-refractivity contribution in [3.8, 4) is 0 Å². The molecule has 0 saturated carbocycles. The van der Waals surface area contributed by atoms with Crippen molar-refractivity contribution in [1.29, 1.82) is 0 Å². The number of nitro benzene ring substituents is 1. The number of aliphatic hydroxyl groups is 2. The van der Waals surface area contributed by atoms with Crippen molar-refractivity contribution in [2.24, 2.45) is 5.92 Å². The summed E-state index contributed by atoms with van der Waals surface area (Å²) in [6.45, 7) is 1.89. The first-order chi connectivity index (χ1) is 25.1. The van der Waals surface area contributed by atoms with E-state index in [0.717, 1.165) is 22.0 Å². The Labute approximate surface area is 299 Å². The minimum absolute atomic E-state index is 0.0174. The van der Waals surface area contributed by atoms with E-state index in [1.165, 1.54) is 28.0 Å². The highest BCUT2D eigenvalue weighted by atomic mass is 16.6. The van der Waals surface area contributed by atoms with Crippen molar-refractivity contribution in [2.75, 3.05) is 23.0 Å². The summed E-state index contributed by atoms with van der Waals surface area (Å²) in [6, 6.07) is 32.0. The first-order valence-corrected chi connectivity index (χ1v) is 17.0. The number of rotatable bonds is 12. The summed E-state index contributed by atoms with van der Waals surface area (Å²) in [6.07, 6.45) is 3.09. The van der Waals surface area contributed by atoms with E-state index in [1.807, 2.05) is 78.9 Å². The van der Waals surface area contributed by atoms with Crippen LogP contribution in [0.15, 0.2) is 121 Å². The Morgan fingerprint density at radius 2 is 1.65 bits per heavy atom. The number of benzene rings is 5. The molecular weight excluding hydrogens is 660 g/mol. The molecule has 2 aliphatic rings. The Morgan fingerprint density at radius 1 is 0.923 bits per heavy atom. The number of aliphatic hydroxyl groups excluding tert-OH is 1. The third-order valence-corrected chi connectivity index (χ3v) is 9.85. The molecule has 2 atom stereocenters. The van der Waals surface area contributed by atoms with Gasteiger partial charge in [0.05, 0.1) is 35.0 Å². The van der Waals surface area contributed by atoms with Crippen molar-refractivity contribution in [2.45, 2.75) is 32.0 Å². The third-order valence-electron chi connectivity index (χ3n) is 9.85. The molecule has 0 aromatic heterocycles. The average molecular weight is 697 g/mol. The van der Waals surface area contributed by atoms with Gasteiger partial charge in [-0.3, -0.25) is 29.4 Å². The van der Waals surface area contributed by atoms with E-state index in [9.17, 15) is 34.7 Å². The molecule has 0 unspecified atom stereocenters. The van der Waals surface area contributed by atoms with Crippen LogP contribution in [0.5, 0.6) is 0 Å². The fraction of sp³-hybridized carbons (Fsp3) is 0.195. The number of nitro groups is 1. The van der Waals surface area contributed by atoms with E-state index in [2.05, 4.69) is 0 Å². The van der Waals surface area contributed by atoms with Crippen LogP contribution in [-0.4, -0.2) is 50.9 Å². The van der Waals surface area contributed by atoms with Crippen LogP contribution in [0.1, 0.15) is 40.4 Å². The van der Waals surface area contributed by atoms with Gasteiger partial charge in [0.2, 0.25) is 5.91 Å². The second-order valence-electron chi connectivity index (χ2n) is 13.1. The van der Waals surface area contributed by atoms with Crippen molar-refractivity contribution < 1.29 is 29.5 Å². The molecule has 3 amide bonds. The Kier molecular flexibility index (Phi) is 9.14. The number of hydrogen-bond donors (Lipinski definition) is 2. The second-order valence-corrected chi connectivity index (χ2v) is 13.1. The Bertz CT molecular complexity index is 2250. The summed E-state index contributed by atoms with van der Waals surface area (Å²) in [7, 11) is 0. The average Bonchev–Trinajstić information content (AvgIpc) is 3.56. The lowest BCUT2D eigenvalue weighted by Crippen LogP contribution is -2.44. The highest BCUT2D eigenvalue weighted by Gasteiger charge is 2.53. The summed E-state index contributed by atoms with van der Waals surface area (Å²) in [4.78, 5) is 56.8. The van der Waals surface area contributed by atoms with Crippen LogP contribution in [0.25, 0.3) is 10.8 Å². The van der Waals surface area contributed by atoms with E-state index in [0.29, 0.717) is 29.0 Å². The number of fused-ring (bicyclic) bond motifs is 1. The number of anilines is 3. The molecular formula is C41H36N4O7. The molecule has 0 saturated heterocycles. The first kappa shape index (κ1) is 34.3. The molecule has 0 aliphatic carbocycles. The molecule has 11 nitrogen and oxygen atoms in total. The second kappa shape index (κ2) is 13.9. The first-order valence-electron chi connectivity index (χ1n) is 17.0. The minimum Gasteiger partial charge on any atom is -0.395 e. The number of amides is 3. The number of nitrogens with zero attached hydrogens (tertiary/aromatic N) is 4. The van der Waals surface area contributed by atoms with Crippen LogP contribution in [0, 0.1) is 16.0 Å². The summed E-state index contributed by atoms with van der Waals surface area (Å²) in [5, 5.41) is 35.4. The van der Waals surface area contributed by atoms with Gasteiger partial charge in [-0.15, -0.1) is 0 Å². The fourth-order valence-corrected chi connectivity index (χ4v) is 7.21. The standard InChI is InChI=1S/C41H36N4O7/c1-27(9-5-18-37(47)42(21-22-46)25-28-10-3-2-4-11-28)41(50)34-24-32(45(51)52)19-20-35(34)43(40(41)49)26-29-12-6-15-31(23-29)44-36-17-8-14-30-13-7-16-33(38(30)36)39(44)48/h2-17,19-20,23-24,27,46,50H,18,21-22,25-26H2,1H3/b9-5+/t27-,41+/m1/s1. The van der Waals surface area contributed by atoms with Crippen LogP contribution in [0.4, 0.5) is 22.7 Å². The lowest BCUT2D eigenvalue weighted by atomic mass is 9.82. The van der Waals surface area contributed by atoms with Crippen molar-refractivity contribution in [1.82, 2.24) is 4.90 Å². The molecule has 11 heteroatoms. The highest BCUT2D eigenvalue weighted by molar-refractivity contribution is 6.27. The molecule has 2 heterocycles. The molecule has 0 radical (unpaired) electrons. The van der Waals surface area contributed by atoms with Crippen LogP contribution >= 0.6 is 0 Å². The van der Waals surface area contributed by atoms with E-state index >= 15 is 0 Å². The van der Waals surface area contributed by atoms with Gasteiger partial charge in [-0.05, 0) is 46.8 Å². The van der Waals surface area contributed by atoms with Gasteiger partial charge in [0.25, 0.3) is 17.5 Å². The van der Waals surface area contributed by atoms with E-state index in [1.54, 1.807) is 36.1 Å². The number of carbonyl (C=O) groups is 3. The zero-order valence-electron chi connectivity index (χ0n) is 28.4. The maximum atomic E-state index is 14.3. The molecule has 52 heavy (non-hydrogen) atoms. The SMILES string of the molecule is C[C@H](/C=C/CC(=O)N(CCO)Cc1ccccc1)[C@@]1(O)C(=O)N(Cc2cccc(N3C(=O)c4cccc5cccc3c45)c2)c2ccc([N+](=O)[O-])cc21. The van der Waals surface area contributed by atoms with Gasteiger partial charge in [-0.2, -0.15) is 0 Å². The predicted octanol–water partition coefficient (Wildman–Crippen LogP) is 6.38. The van der Waals surface area contributed by atoms with E-state index in [4.69, 9.17) is 0 Å². The normalized spacial score (nSPS) is 16.9. The molecule has 7 rings (SSSR count). The summed E-state index contributed by atoms with van der Waals surface area (Å²) in [5.41, 5.74) is 1.53. The maximum absolute atomic E-state index is 14.3. The van der Waals surface area contributed by atoms with Crippen LogP contribution in [0.3, 0.4) is 0 Å². The monoisotopic (exact) mass is 696 g/mol. The van der Waals surface area contributed by atoms with Gasteiger partial charge < -0.3 is 20.0 Å². The zero-order valence-corrected chi connectivity index (χ0v) is 28.4. The predicted molar refractivity (Wildman–Crippen MR) is 197 cm³/mol. The van der Waals surface area contributed by atoms with E-state index in [-0.39, 0.29) is 49.2 Å². The highest BCUT2D eigenvalue weighted by Crippen LogP contribution is 2.47. The van der Waals surface area contributed by atoms with Gasteiger partial charge in [0.15, 0.2) is 5.60 Å². The van der Waals surface area contributed by atoms with E-state index < -0.39 is 22.3 Å². The molecule has 2 N–H and O–H groups in total. The topological polar surface area (TPSA) is 145 Å². The van der Waals surface area contributed by atoms with Crippen LogP contribution < -0.4 is 9.80 Å². The van der Waals surface area contributed by atoms with Gasteiger partial charge in [0.1, 0.15) is 0 Å². The minimum atomic E-state index is -2.17.